The van der Waals surface area contributed by atoms with Crippen LogP contribution in [0.25, 0.3) is 0 Å². The molecule has 1 aliphatic heterocycles. The number of rotatable bonds is 3. The van der Waals surface area contributed by atoms with E-state index in [0.29, 0.717) is 12.2 Å². The molecule has 0 aliphatic carbocycles. The number of carbonyl (C=O) groups excluding carboxylic acids is 1. The normalized spacial score (nSPS) is 17.5. The van der Waals surface area contributed by atoms with Gasteiger partial charge in [-0.05, 0) is 30.2 Å². The van der Waals surface area contributed by atoms with Gasteiger partial charge in [-0.3, -0.25) is 0 Å². The standard InChI is InChI=1S/C13H16O4/c1-8-4-10(13(14)16-3)5-9-6-11(7-15-2)17-12(8)9/h4-5,11H,6-7H2,1-3H3. The maximum absolute atomic E-state index is 11.5. The highest BCUT2D eigenvalue weighted by Gasteiger charge is 2.25. The van der Waals surface area contributed by atoms with Crippen LogP contribution in [0.1, 0.15) is 21.5 Å². The van der Waals surface area contributed by atoms with Crippen LogP contribution in [-0.2, 0) is 15.9 Å². The molecule has 0 spiro atoms. The van der Waals surface area contributed by atoms with Crippen molar-refractivity contribution in [2.24, 2.45) is 0 Å². The molecule has 0 saturated carbocycles. The molecule has 1 aromatic rings. The van der Waals surface area contributed by atoms with Crippen molar-refractivity contribution in [2.75, 3.05) is 20.8 Å². The van der Waals surface area contributed by atoms with Gasteiger partial charge in [0, 0.05) is 13.5 Å². The van der Waals surface area contributed by atoms with Gasteiger partial charge >= 0.3 is 5.97 Å². The number of aryl methyl sites for hydroxylation is 1. The minimum Gasteiger partial charge on any atom is -0.487 e. The van der Waals surface area contributed by atoms with E-state index in [-0.39, 0.29) is 12.1 Å². The monoisotopic (exact) mass is 236 g/mol. The van der Waals surface area contributed by atoms with Crippen LogP contribution in [0.5, 0.6) is 5.75 Å². The Hall–Kier alpha value is -1.55. The lowest BCUT2D eigenvalue weighted by Crippen LogP contribution is -2.19. The highest BCUT2D eigenvalue weighted by Crippen LogP contribution is 2.33. The highest BCUT2D eigenvalue weighted by molar-refractivity contribution is 5.90. The average Bonchev–Trinajstić information content (AvgIpc) is 2.71. The van der Waals surface area contributed by atoms with Crippen molar-refractivity contribution in [3.05, 3.63) is 28.8 Å². The van der Waals surface area contributed by atoms with Crippen molar-refractivity contribution >= 4 is 5.97 Å². The SMILES string of the molecule is COCC1Cc2cc(C(=O)OC)cc(C)c2O1. The zero-order chi connectivity index (χ0) is 12.4. The summed E-state index contributed by atoms with van der Waals surface area (Å²) in [6.45, 7) is 2.49. The molecule has 1 aliphatic rings. The number of hydrogen-bond donors (Lipinski definition) is 0. The fourth-order valence-electron chi connectivity index (χ4n) is 2.14. The van der Waals surface area contributed by atoms with Crippen LogP contribution in [0, 0.1) is 6.92 Å². The predicted octanol–water partition coefficient (Wildman–Crippen LogP) is 1.73. The van der Waals surface area contributed by atoms with Crippen molar-refractivity contribution in [1.82, 2.24) is 0 Å². The van der Waals surface area contributed by atoms with Crippen LogP contribution in [0.2, 0.25) is 0 Å². The van der Waals surface area contributed by atoms with Crippen molar-refractivity contribution in [2.45, 2.75) is 19.4 Å². The number of carbonyl (C=O) groups is 1. The van der Waals surface area contributed by atoms with Crippen molar-refractivity contribution in [3.8, 4) is 5.75 Å². The van der Waals surface area contributed by atoms with Crippen LogP contribution in [-0.4, -0.2) is 32.9 Å². The van der Waals surface area contributed by atoms with Crippen molar-refractivity contribution in [3.63, 3.8) is 0 Å². The van der Waals surface area contributed by atoms with Gasteiger partial charge in [-0.2, -0.15) is 0 Å². The Bertz CT molecular complexity index is 439. The predicted molar refractivity (Wildman–Crippen MR) is 62.5 cm³/mol. The van der Waals surface area contributed by atoms with Crippen LogP contribution >= 0.6 is 0 Å². The van der Waals surface area contributed by atoms with E-state index >= 15 is 0 Å². The maximum Gasteiger partial charge on any atom is 0.337 e. The van der Waals surface area contributed by atoms with Crippen LogP contribution in [0.3, 0.4) is 0 Å². The zero-order valence-electron chi connectivity index (χ0n) is 10.3. The Morgan fingerprint density at radius 1 is 1.47 bits per heavy atom. The van der Waals surface area contributed by atoms with E-state index < -0.39 is 0 Å². The fraction of sp³-hybridized carbons (Fsp3) is 0.462. The second kappa shape index (κ2) is 4.75. The molecule has 0 N–H and O–H groups in total. The summed E-state index contributed by atoms with van der Waals surface area (Å²) in [5, 5.41) is 0. The summed E-state index contributed by atoms with van der Waals surface area (Å²) in [6, 6.07) is 3.63. The summed E-state index contributed by atoms with van der Waals surface area (Å²) in [5.74, 6) is 0.561. The number of benzene rings is 1. The molecule has 0 amide bonds. The molecule has 0 saturated heterocycles. The van der Waals surface area contributed by atoms with Gasteiger partial charge < -0.3 is 14.2 Å². The Kier molecular flexibility index (Phi) is 3.33. The van der Waals surface area contributed by atoms with E-state index in [1.807, 2.05) is 13.0 Å². The van der Waals surface area contributed by atoms with Crippen LogP contribution < -0.4 is 4.74 Å². The molecule has 1 heterocycles. The van der Waals surface area contributed by atoms with Gasteiger partial charge in [-0.15, -0.1) is 0 Å². The molecule has 4 nitrogen and oxygen atoms in total. The van der Waals surface area contributed by atoms with E-state index in [4.69, 9.17) is 14.2 Å². The topological polar surface area (TPSA) is 44.8 Å². The van der Waals surface area contributed by atoms with Crippen molar-refractivity contribution in [1.29, 1.82) is 0 Å². The van der Waals surface area contributed by atoms with E-state index in [2.05, 4.69) is 0 Å². The molecule has 1 unspecified atom stereocenters. The number of hydrogen-bond acceptors (Lipinski definition) is 4. The van der Waals surface area contributed by atoms with Crippen molar-refractivity contribution < 1.29 is 19.0 Å². The van der Waals surface area contributed by atoms with Crippen LogP contribution in [0.15, 0.2) is 12.1 Å². The molecule has 0 bridgehead atoms. The first-order valence-corrected chi connectivity index (χ1v) is 5.53. The summed E-state index contributed by atoms with van der Waals surface area (Å²) in [7, 11) is 3.04. The molecule has 4 heteroatoms. The first kappa shape index (κ1) is 11.9. The Labute approximate surface area is 100 Å². The first-order chi connectivity index (χ1) is 8.15. The van der Waals surface area contributed by atoms with Gasteiger partial charge in [0.25, 0.3) is 0 Å². The van der Waals surface area contributed by atoms with E-state index in [9.17, 15) is 4.79 Å². The lowest BCUT2D eigenvalue weighted by Gasteiger charge is -2.10. The number of esters is 1. The molecular weight excluding hydrogens is 220 g/mol. The molecule has 0 aromatic heterocycles. The third kappa shape index (κ3) is 2.26. The highest BCUT2D eigenvalue weighted by atomic mass is 16.5. The average molecular weight is 236 g/mol. The summed E-state index contributed by atoms with van der Waals surface area (Å²) >= 11 is 0. The smallest absolute Gasteiger partial charge is 0.337 e. The summed E-state index contributed by atoms with van der Waals surface area (Å²) < 4.78 is 15.6. The van der Waals surface area contributed by atoms with Crippen LogP contribution in [0.4, 0.5) is 0 Å². The molecule has 17 heavy (non-hydrogen) atoms. The largest absolute Gasteiger partial charge is 0.487 e. The van der Waals surface area contributed by atoms with Gasteiger partial charge in [0.2, 0.25) is 0 Å². The molecule has 0 fully saturated rings. The lowest BCUT2D eigenvalue weighted by molar-refractivity contribution is 0.0600. The molecule has 0 radical (unpaired) electrons. The van der Waals surface area contributed by atoms with Gasteiger partial charge in [0.05, 0.1) is 19.3 Å². The number of ether oxygens (including phenoxy) is 3. The quantitative estimate of drug-likeness (QED) is 0.750. The third-order valence-electron chi connectivity index (χ3n) is 2.86. The Balaban J connectivity index is 2.29. The van der Waals surface area contributed by atoms with Gasteiger partial charge in [0.15, 0.2) is 0 Å². The number of methoxy groups -OCH3 is 2. The fourth-order valence-corrected chi connectivity index (χ4v) is 2.14. The number of fused-ring (bicyclic) bond motifs is 1. The van der Waals surface area contributed by atoms with Gasteiger partial charge in [-0.25, -0.2) is 4.79 Å². The minimum absolute atomic E-state index is 0.0431. The Morgan fingerprint density at radius 2 is 2.24 bits per heavy atom. The summed E-state index contributed by atoms with van der Waals surface area (Å²) in [5.41, 5.74) is 2.58. The molecule has 92 valence electrons. The minimum atomic E-state index is -0.314. The second-order valence-corrected chi connectivity index (χ2v) is 4.17. The van der Waals surface area contributed by atoms with E-state index in [1.54, 1.807) is 13.2 Å². The van der Waals surface area contributed by atoms with E-state index in [0.717, 1.165) is 23.3 Å². The molecule has 1 aromatic carbocycles. The lowest BCUT2D eigenvalue weighted by atomic mass is 10.0. The summed E-state index contributed by atoms with van der Waals surface area (Å²) in [4.78, 5) is 11.5. The van der Waals surface area contributed by atoms with Gasteiger partial charge in [-0.1, -0.05) is 0 Å². The second-order valence-electron chi connectivity index (χ2n) is 4.17. The molecule has 2 rings (SSSR count). The molecule has 1 atom stereocenters. The zero-order valence-corrected chi connectivity index (χ0v) is 10.3. The summed E-state index contributed by atoms with van der Waals surface area (Å²) in [6.07, 6.45) is 0.816. The Morgan fingerprint density at radius 3 is 2.88 bits per heavy atom. The van der Waals surface area contributed by atoms with Gasteiger partial charge in [0.1, 0.15) is 11.9 Å². The maximum atomic E-state index is 11.5. The first-order valence-electron chi connectivity index (χ1n) is 5.53. The third-order valence-corrected chi connectivity index (χ3v) is 2.86. The molecular formula is C13H16O4. The van der Waals surface area contributed by atoms with E-state index in [1.165, 1.54) is 7.11 Å².